The molecule has 1 atom stereocenters. The number of carbonyl (C=O) groups is 2. The van der Waals surface area contributed by atoms with Crippen LogP contribution in [0.4, 0.5) is 11.4 Å². The van der Waals surface area contributed by atoms with Crippen molar-refractivity contribution in [2.45, 2.75) is 24.7 Å². The van der Waals surface area contributed by atoms with Crippen LogP contribution in [0.1, 0.15) is 22.6 Å². The number of sulfonamides is 1. The minimum Gasteiger partial charge on any atom is -0.466 e. The summed E-state index contributed by atoms with van der Waals surface area (Å²) in [5, 5.41) is 10.2. The molecule has 0 radical (unpaired) electrons. The standard InChI is InChI=1S/C30H28N4O6S/c1-18-10-11-19(2)24(16-18)33-41(37,38)22-14-12-21(13-15-22)34-27(30(36)40-4)26(29(35)39-3)25(23(17-31)28(34)32)20-8-6-5-7-9-20/h5-16,25,33H,32H2,1-4H3. The minimum atomic E-state index is -3.98. The molecule has 3 aromatic rings. The van der Waals surface area contributed by atoms with Crippen LogP contribution in [0, 0.1) is 25.2 Å². The fraction of sp³-hybridized carbons (Fsp3) is 0.167. The molecular weight excluding hydrogens is 544 g/mol. The zero-order chi connectivity index (χ0) is 29.9. The van der Waals surface area contributed by atoms with Crippen molar-refractivity contribution in [2.24, 2.45) is 5.73 Å². The summed E-state index contributed by atoms with van der Waals surface area (Å²) in [4.78, 5) is 27.5. The lowest BCUT2D eigenvalue weighted by Gasteiger charge is -2.35. The second-order valence-corrected chi connectivity index (χ2v) is 10.9. The maximum absolute atomic E-state index is 13.2. The van der Waals surface area contributed by atoms with Crippen molar-refractivity contribution in [3.63, 3.8) is 0 Å². The summed E-state index contributed by atoms with van der Waals surface area (Å²) in [5.74, 6) is -2.90. The number of hydrogen-bond acceptors (Lipinski definition) is 9. The van der Waals surface area contributed by atoms with Crippen LogP contribution in [0.25, 0.3) is 0 Å². The first-order chi connectivity index (χ1) is 19.5. The highest BCUT2D eigenvalue weighted by molar-refractivity contribution is 7.92. The number of ether oxygens (including phenoxy) is 2. The molecule has 0 spiro atoms. The lowest BCUT2D eigenvalue weighted by Crippen LogP contribution is -2.40. The molecule has 41 heavy (non-hydrogen) atoms. The molecule has 11 heteroatoms. The van der Waals surface area contributed by atoms with Gasteiger partial charge in [-0.1, -0.05) is 42.5 Å². The van der Waals surface area contributed by atoms with E-state index in [0.29, 0.717) is 11.3 Å². The molecule has 1 aliphatic rings. The Balaban J connectivity index is 1.86. The smallest absolute Gasteiger partial charge is 0.355 e. The fourth-order valence-electron chi connectivity index (χ4n) is 4.61. The monoisotopic (exact) mass is 572 g/mol. The average Bonchev–Trinajstić information content (AvgIpc) is 2.97. The summed E-state index contributed by atoms with van der Waals surface area (Å²) < 4.78 is 39.0. The number of nitrogens with zero attached hydrogens (tertiary/aromatic N) is 2. The zero-order valence-electron chi connectivity index (χ0n) is 22.8. The number of anilines is 2. The highest BCUT2D eigenvalue weighted by atomic mass is 32.2. The number of aryl methyl sites for hydroxylation is 2. The van der Waals surface area contributed by atoms with E-state index in [-0.39, 0.29) is 33.2 Å². The van der Waals surface area contributed by atoms with Gasteiger partial charge in [-0.2, -0.15) is 5.26 Å². The normalized spacial score (nSPS) is 15.3. The molecule has 4 rings (SSSR count). The van der Waals surface area contributed by atoms with Crippen LogP contribution in [-0.2, 0) is 29.1 Å². The fourth-order valence-corrected chi connectivity index (χ4v) is 5.73. The van der Waals surface area contributed by atoms with Crippen LogP contribution in [0.2, 0.25) is 0 Å². The number of methoxy groups -OCH3 is 2. The Kier molecular flexibility index (Phi) is 8.16. The molecule has 0 fully saturated rings. The van der Waals surface area contributed by atoms with Gasteiger partial charge in [0.1, 0.15) is 11.5 Å². The van der Waals surface area contributed by atoms with Crippen molar-refractivity contribution in [1.29, 1.82) is 5.26 Å². The number of allylic oxidation sites excluding steroid dienone is 1. The first-order valence-corrected chi connectivity index (χ1v) is 13.9. The molecule has 0 aromatic heterocycles. The Bertz CT molecular complexity index is 1720. The zero-order valence-corrected chi connectivity index (χ0v) is 23.7. The number of nitrogens with two attached hydrogens (primary N) is 1. The summed E-state index contributed by atoms with van der Waals surface area (Å²) in [6.45, 7) is 3.65. The Morgan fingerprint density at radius 1 is 0.951 bits per heavy atom. The van der Waals surface area contributed by atoms with Crippen LogP contribution in [-0.4, -0.2) is 34.6 Å². The van der Waals surface area contributed by atoms with E-state index in [4.69, 9.17) is 15.2 Å². The number of nitriles is 1. The van der Waals surface area contributed by atoms with Gasteiger partial charge >= 0.3 is 11.9 Å². The lowest BCUT2D eigenvalue weighted by atomic mass is 9.81. The van der Waals surface area contributed by atoms with Crippen molar-refractivity contribution >= 4 is 33.3 Å². The van der Waals surface area contributed by atoms with E-state index in [1.165, 1.54) is 29.2 Å². The molecule has 10 nitrogen and oxygen atoms in total. The van der Waals surface area contributed by atoms with Crippen molar-refractivity contribution in [3.8, 4) is 6.07 Å². The topological polar surface area (TPSA) is 152 Å². The number of rotatable bonds is 7. The van der Waals surface area contributed by atoms with Crippen LogP contribution in [0.15, 0.2) is 100 Å². The van der Waals surface area contributed by atoms with E-state index in [1.54, 1.807) is 43.3 Å². The van der Waals surface area contributed by atoms with Gasteiger partial charge in [0, 0.05) is 5.69 Å². The van der Waals surface area contributed by atoms with E-state index in [2.05, 4.69) is 10.8 Å². The van der Waals surface area contributed by atoms with Gasteiger partial charge in [-0.3, -0.25) is 9.62 Å². The number of esters is 2. The quantitative estimate of drug-likeness (QED) is 0.400. The van der Waals surface area contributed by atoms with Gasteiger partial charge in [0.2, 0.25) is 0 Å². The average molecular weight is 573 g/mol. The van der Waals surface area contributed by atoms with Crippen molar-refractivity contribution < 1.29 is 27.5 Å². The third-order valence-electron chi connectivity index (χ3n) is 6.65. The van der Waals surface area contributed by atoms with Gasteiger partial charge in [0.25, 0.3) is 10.0 Å². The highest BCUT2D eigenvalue weighted by Gasteiger charge is 2.43. The van der Waals surface area contributed by atoms with E-state index in [9.17, 15) is 23.3 Å². The first-order valence-electron chi connectivity index (χ1n) is 12.4. The molecule has 0 saturated carbocycles. The maximum atomic E-state index is 13.2. The van der Waals surface area contributed by atoms with Gasteiger partial charge < -0.3 is 15.2 Å². The lowest BCUT2D eigenvalue weighted by molar-refractivity contribution is -0.139. The molecule has 0 amide bonds. The van der Waals surface area contributed by atoms with Crippen LogP contribution < -0.4 is 15.4 Å². The number of carbonyl (C=O) groups excluding carboxylic acids is 2. The van der Waals surface area contributed by atoms with Crippen LogP contribution in [0.5, 0.6) is 0 Å². The number of nitrogens with one attached hydrogen (secondary N) is 1. The maximum Gasteiger partial charge on any atom is 0.355 e. The Hall–Kier alpha value is -5.08. The molecule has 1 aliphatic heterocycles. The third kappa shape index (κ3) is 5.50. The highest BCUT2D eigenvalue weighted by Crippen LogP contribution is 2.43. The first kappa shape index (κ1) is 28.9. The molecule has 0 saturated heterocycles. The summed E-state index contributed by atoms with van der Waals surface area (Å²) >= 11 is 0. The van der Waals surface area contributed by atoms with E-state index < -0.39 is 27.9 Å². The van der Waals surface area contributed by atoms with Gasteiger partial charge in [0.05, 0.1) is 47.9 Å². The van der Waals surface area contributed by atoms with E-state index in [0.717, 1.165) is 25.3 Å². The van der Waals surface area contributed by atoms with Gasteiger partial charge in [-0.25, -0.2) is 18.0 Å². The summed E-state index contributed by atoms with van der Waals surface area (Å²) in [5.41, 5.74) is 8.93. The molecule has 0 aliphatic carbocycles. The molecule has 1 unspecified atom stereocenters. The van der Waals surface area contributed by atoms with E-state index in [1.807, 2.05) is 19.1 Å². The Morgan fingerprint density at radius 3 is 2.17 bits per heavy atom. The van der Waals surface area contributed by atoms with Gasteiger partial charge in [0.15, 0.2) is 0 Å². The Morgan fingerprint density at radius 2 is 1.59 bits per heavy atom. The number of benzene rings is 3. The predicted octanol–water partition coefficient (Wildman–Crippen LogP) is 4.00. The van der Waals surface area contributed by atoms with Crippen molar-refractivity contribution in [3.05, 3.63) is 112 Å². The van der Waals surface area contributed by atoms with Gasteiger partial charge in [-0.05, 0) is 60.9 Å². The molecule has 1 heterocycles. The summed E-state index contributed by atoms with van der Waals surface area (Å²) in [7, 11) is -1.67. The SMILES string of the molecule is COC(=O)C1=C(C(=O)OC)N(c2ccc(S(=O)(=O)Nc3cc(C)ccc3C)cc2)C(N)=C(C#N)C1c1ccccc1. The predicted molar refractivity (Wildman–Crippen MR) is 153 cm³/mol. The second kappa shape index (κ2) is 11.6. The van der Waals surface area contributed by atoms with Crippen molar-refractivity contribution in [2.75, 3.05) is 23.8 Å². The molecule has 3 N–H and O–H groups in total. The molecule has 210 valence electrons. The molecule has 3 aromatic carbocycles. The molecular formula is C30H28N4O6S. The number of hydrogen-bond donors (Lipinski definition) is 2. The summed E-state index contributed by atoms with van der Waals surface area (Å²) in [6.07, 6.45) is 0. The summed E-state index contributed by atoms with van der Waals surface area (Å²) in [6, 6.07) is 21.6. The van der Waals surface area contributed by atoms with Crippen LogP contribution >= 0.6 is 0 Å². The second-order valence-electron chi connectivity index (χ2n) is 9.25. The Labute approximate surface area is 238 Å². The molecule has 0 bridgehead atoms. The van der Waals surface area contributed by atoms with Gasteiger partial charge in [-0.15, -0.1) is 0 Å². The third-order valence-corrected chi connectivity index (χ3v) is 8.03. The van der Waals surface area contributed by atoms with Crippen molar-refractivity contribution in [1.82, 2.24) is 0 Å². The largest absolute Gasteiger partial charge is 0.466 e. The van der Waals surface area contributed by atoms with E-state index >= 15 is 0 Å². The minimum absolute atomic E-state index is 0.00228. The van der Waals surface area contributed by atoms with Crippen LogP contribution in [0.3, 0.4) is 0 Å².